The monoisotopic (exact) mass is 435 g/mol. The highest BCUT2D eigenvalue weighted by molar-refractivity contribution is 9.10. The molecule has 0 spiro atoms. The van der Waals surface area contributed by atoms with Crippen LogP contribution in [0.5, 0.6) is 5.75 Å². The first-order valence-corrected chi connectivity index (χ1v) is 8.83. The van der Waals surface area contributed by atoms with Gasteiger partial charge in [-0.3, -0.25) is 30.6 Å². The van der Waals surface area contributed by atoms with Crippen LogP contribution in [0.2, 0.25) is 0 Å². The summed E-state index contributed by atoms with van der Waals surface area (Å²) in [7, 11) is 0. The van der Waals surface area contributed by atoms with E-state index in [0.717, 1.165) is 5.56 Å². The van der Waals surface area contributed by atoms with Crippen LogP contribution in [0.15, 0.2) is 46.9 Å². The Kier molecular flexibility index (Phi) is 6.89. The van der Waals surface area contributed by atoms with E-state index >= 15 is 0 Å². The van der Waals surface area contributed by atoms with E-state index < -0.39 is 16.7 Å². The summed E-state index contributed by atoms with van der Waals surface area (Å²) in [6, 6.07) is 11.0. The zero-order valence-corrected chi connectivity index (χ0v) is 16.3. The van der Waals surface area contributed by atoms with Crippen LogP contribution in [0.1, 0.15) is 35.7 Å². The van der Waals surface area contributed by atoms with Crippen LogP contribution in [0, 0.1) is 10.1 Å². The molecule has 0 fully saturated rings. The third kappa shape index (κ3) is 5.52. The average Bonchev–Trinajstić information content (AvgIpc) is 2.64. The highest BCUT2D eigenvalue weighted by atomic mass is 79.9. The van der Waals surface area contributed by atoms with Crippen molar-refractivity contribution < 1.29 is 19.2 Å². The van der Waals surface area contributed by atoms with Gasteiger partial charge in [0, 0.05) is 6.07 Å². The Bertz CT molecular complexity index is 870. The molecule has 2 amide bonds. The van der Waals surface area contributed by atoms with Gasteiger partial charge in [0.15, 0.2) is 6.61 Å². The van der Waals surface area contributed by atoms with E-state index in [0.29, 0.717) is 16.1 Å². The van der Waals surface area contributed by atoms with E-state index in [9.17, 15) is 19.7 Å². The van der Waals surface area contributed by atoms with Crippen molar-refractivity contribution in [1.29, 1.82) is 0 Å². The summed E-state index contributed by atoms with van der Waals surface area (Å²) >= 11 is 3.39. The highest BCUT2D eigenvalue weighted by Gasteiger charge is 2.19. The molecule has 0 aliphatic heterocycles. The van der Waals surface area contributed by atoms with Crippen molar-refractivity contribution in [1.82, 2.24) is 10.9 Å². The van der Waals surface area contributed by atoms with Crippen molar-refractivity contribution in [2.75, 3.05) is 6.61 Å². The van der Waals surface area contributed by atoms with Gasteiger partial charge in [-0.2, -0.15) is 0 Å². The van der Waals surface area contributed by atoms with Gasteiger partial charge < -0.3 is 4.74 Å². The number of rotatable bonds is 6. The lowest BCUT2D eigenvalue weighted by Gasteiger charge is -2.12. The Morgan fingerprint density at radius 1 is 1.19 bits per heavy atom. The van der Waals surface area contributed by atoms with Crippen LogP contribution in [-0.4, -0.2) is 23.3 Å². The number of nitro benzene ring substituents is 1. The topological polar surface area (TPSA) is 111 Å². The summed E-state index contributed by atoms with van der Waals surface area (Å²) in [6.07, 6.45) is 0. The van der Waals surface area contributed by atoms with E-state index in [4.69, 9.17) is 4.74 Å². The van der Waals surface area contributed by atoms with Gasteiger partial charge in [-0.05, 0) is 45.6 Å². The summed E-state index contributed by atoms with van der Waals surface area (Å²) in [5.41, 5.74) is 4.91. The van der Waals surface area contributed by atoms with Crippen molar-refractivity contribution in [3.63, 3.8) is 0 Å². The van der Waals surface area contributed by atoms with Crippen LogP contribution in [0.4, 0.5) is 5.69 Å². The van der Waals surface area contributed by atoms with Gasteiger partial charge >= 0.3 is 0 Å². The highest BCUT2D eigenvalue weighted by Crippen LogP contribution is 2.28. The molecule has 8 nitrogen and oxygen atoms in total. The second-order valence-electron chi connectivity index (χ2n) is 5.91. The molecule has 0 heterocycles. The van der Waals surface area contributed by atoms with Crippen molar-refractivity contribution >= 4 is 33.4 Å². The molecule has 0 saturated carbocycles. The lowest BCUT2D eigenvalue weighted by molar-refractivity contribution is -0.385. The third-order valence-electron chi connectivity index (χ3n) is 3.64. The summed E-state index contributed by atoms with van der Waals surface area (Å²) in [5.74, 6) is -0.560. The second kappa shape index (κ2) is 9.13. The van der Waals surface area contributed by atoms with E-state index in [1.807, 2.05) is 12.1 Å². The van der Waals surface area contributed by atoms with Crippen LogP contribution in [0.3, 0.4) is 0 Å². The molecule has 2 aromatic carbocycles. The van der Waals surface area contributed by atoms with Crippen molar-refractivity contribution in [3.05, 3.63) is 68.2 Å². The number of carbonyl (C=O) groups is 2. The van der Waals surface area contributed by atoms with Crippen molar-refractivity contribution in [2.45, 2.75) is 19.8 Å². The Hall–Kier alpha value is -2.94. The molecular formula is C18H18BrN3O5. The first-order chi connectivity index (χ1) is 12.8. The number of carbonyl (C=O) groups excluding carboxylic acids is 2. The molecular weight excluding hydrogens is 418 g/mol. The Morgan fingerprint density at radius 2 is 1.89 bits per heavy atom. The minimum Gasteiger partial charge on any atom is -0.483 e. The molecule has 2 aromatic rings. The largest absolute Gasteiger partial charge is 0.483 e. The van der Waals surface area contributed by atoms with Gasteiger partial charge in [0.05, 0.1) is 9.40 Å². The summed E-state index contributed by atoms with van der Waals surface area (Å²) in [4.78, 5) is 34.1. The molecule has 0 aliphatic carbocycles. The molecule has 27 heavy (non-hydrogen) atoms. The molecule has 0 aliphatic rings. The van der Waals surface area contributed by atoms with E-state index in [2.05, 4.69) is 40.6 Å². The van der Waals surface area contributed by atoms with Gasteiger partial charge in [0.1, 0.15) is 11.3 Å². The molecule has 0 bridgehead atoms. The number of amides is 2. The number of hydrogen-bond acceptors (Lipinski definition) is 5. The number of nitro groups is 1. The lowest BCUT2D eigenvalue weighted by Crippen LogP contribution is -2.44. The van der Waals surface area contributed by atoms with Crippen molar-refractivity contribution in [3.8, 4) is 5.75 Å². The molecule has 142 valence electrons. The first kappa shape index (κ1) is 20.4. The van der Waals surface area contributed by atoms with Gasteiger partial charge in [-0.25, -0.2) is 0 Å². The Balaban J connectivity index is 1.90. The molecule has 2 rings (SSSR count). The maximum Gasteiger partial charge on any atom is 0.282 e. The fraction of sp³-hybridized carbons (Fsp3) is 0.222. The normalized spacial score (nSPS) is 10.4. The molecule has 0 saturated heterocycles. The fourth-order valence-electron chi connectivity index (χ4n) is 2.19. The Morgan fingerprint density at radius 3 is 2.52 bits per heavy atom. The molecule has 0 unspecified atom stereocenters. The van der Waals surface area contributed by atoms with Crippen LogP contribution in [-0.2, 0) is 4.79 Å². The summed E-state index contributed by atoms with van der Waals surface area (Å²) in [6.45, 7) is 3.79. The summed E-state index contributed by atoms with van der Waals surface area (Å²) < 4.78 is 6.13. The average molecular weight is 436 g/mol. The minimum atomic E-state index is -0.793. The van der Waals surface area contributed by atoms with Gasteiger partial charge in [-0.1, -0.05) is 32.0 Å². The van der Waals surface area contributed by atoms with E-state index in [1.54, 1.807) is 6.07 Å². The first-order valence-electron chi connectivity index (χ1n) is 8.04. The predicted molar refractivity (Wildman–Crippen MR) is 102 cm³/mol. The number of halogens is 1. The molecule has 9 heteroatoms. The number of benzene rings is 2. The van der Waals surface area contributed by atoms with Crippen molar-refractivity contribution in [2.24, 2.45) is 0 Å². The Labute approximate surface area is 164 Å². The predicted octanol–water partition coefficient (Wildman–Crippen LogP) is 3.32. The zero-order valence-electron chi connectivity index (χ0n) is 14.7. The second-order valence-corrected chi connectivity index (χ2v) is 6.76. The third-order valence-corrected chi connectivity index (χ3v) is 4.26. The number of hydrazine groups is 1. The lowest BCUT2D eigenvalue weighted by atomic mass is 10.0. The van der Waals surface area contributed by atoms with Crippen LogP contribution < -0.4 is 15.6 Å². The zero-order chi connectivity index (χ0) is 20.0. The molecule has 2 N–H and O–H groups in total. The minimum absolute atomic E-state index is 0.157. The maximum absolute atomic E-state index is 12.0. The van der Waals surface area contributed by atoms with E-state index in [-0.39, 0.29) is 17.9 Å². The quantitative estimate of drug-likeness (QED) is 0.533. The smallest absolute Gasteiger partial charge is 0.282 e. The number of hydrogen-bond donors (Lipinski definition) is 2. The fourth-order valence-corrected chi connectivity index (χ4v) is 2.70. The number of nitrogens with one attached hydrogen (secondary N) is 2. The SMILES string of the molecule is CC(C)c1ccc(OCC(=O)NNC(=O)c2ccccc2[N+](=O)[O-])c(Br)c1. The number of ether oxygens (including phenoxy) is 1. The molecule has 0 radical (unpaired) electrons. The van der Waals surface area contributed by atoms with E-state index in [1.165, 1.54) is 24.3 Å². The number of nitrogens with zero attached hydrogens (tertiary/aromatic N) is 1. The summed E-state index contributed by atoms with van der Waals surface area (Å²) in [5, 5.41) is 10.9. The molecule has 0 atom stereocenters. The van der Waals surface area contributed by atoms with Gasteiger partial charge in [0.25, 0.3) is 17.5 Å². The van der Waals surface area contributed by atoms with Crippen LogP contribution >= 0.6 is 15.9 Å². The van der Waals surface area contributed by atoms with Crippen LogP contribution in [0.25, 0.3) is 0 Å². The van der Waals surface area contributed by atoms with Gasteiger partial charge in [0.2, 0.25) is 0 Å². The molecule has 0 aromatic heterocycles. The maximum atomic E-state index is 12.0. The van der Waals surface area contributed by atoms with Gasteiger partial charge in [-0.15, -0.1) is 0 Å². The standard InChI is InChI=1S/C18H18BrN3O5/c1-11(2)12-7-8-16(14(19)9-12)27-10-17(23)20-21-18(24)13-5-3-4-6-15(13)22(25)26/h3-9,11H,10H2,1-2H3,(H,20,23)(H,21,24). The number of para-hydroxylation sites is 1.